The van der Waals surface area contributed by atoms with Gasteiger partial charge >= 0.3 is 0 Å². The van der Waals surface area contributed by atoms with Gasteiger partial charge in [0.25, 0.3) is 0 Å². The Balaban J connectivity index is 2.20. The first-order valence-corrected chi connectivity index (χ1v) is 6.60. The summed E-state index contributed by atoms with van der Waals surface area (Å²) in [5.41, 5.74) is 1.80. The van der Waals surface area contributed by atoms with Gasteiger partial charge in [0.15, 0.2) is 5.78 Å². The molecule has 2 aromatic rings. The molecule has 0 saturated heterocycles. The van der Waals surface area contributed by atoms with Crippen LogP contribution >= 0.6 is 11.6 Å². The van der Waals surface area contributed by atoms with Gasteiger partial charge in [-0.1, -0.05) is 17.7 Å². The zero-order chi connectivity index (χ0) is 14.7. The lowest BCUT2D eigenvalue weighted by molar-refractivity contribution is 0.0992. The van der Waals surface area contributed by atoms with Crippen LogP contribution in [0.4, 0.5) is 10.1 Å². The maximum atomic E-state index is 13.7. The molecule has 2 nitrogen and oxygen atoms in total. The Bertz CT molecular complexity index is 603. The average molecular weight is 292 g/mol. The highest BCUT2D eigenvalue weighted by atomic mass is 35.5. The SMILES string of the molecule is CN(C)c1ccc(C(=O)Cc2c(F)cccc2Cl)cc1. The molecule has 0 atom stereocenters. The molecule has 0 bridgehead atoms. The second-order valence-electron chi connectivity index (χ2n) is 4.74. The van der Waals surface area contributed by atoms with Crippen LogP contribution in [0.3, 0.4) is 0 Å². The Morgan fingerprint density at radius 2 is 1.80 bits per heavy atom. The third-order valence-electron chi connectivity index (χ3n) is 3.10. The highest BCUT2D eigenvalue weighted by molar-refractivity contribution is 6.31. The summed E-state index contributed by atoms with van der Waals surface area (Å²) < 4.78 is 13.7. The number of carbonyl (C=O) groups is 1. The fraction of sp³-hybridized carbons (Fsp3) is 0.188. The summed E-state index contributed by atoms with van der Waals surface area (Å²) in [6, 6.07) is 11.6. The number of anilines is 1. The molecule has 4 heteroatoms. The van der Waals surface area contributed by atoms with Crippen molar-refractivity contribution < 1.29 is 9.18 Å². The number of Topliss-reactive ketones (excluding diaryl/α,β-unsaturated/α-hetero) is 1. The predicted molar refractivity (Wildman–Crippen MR) is 80.2 cm³/mol. The Morgan fingerprint density at radius 1 is 1.15 bits per heavy atom. The number of rotatable bonds is 4. The quantitative estimate of drug-likeness (QED) is 0.795. The predicted octanol–water partition coefficient (Wildman–Crippen LogP) is 3.97. The van der Waals surface area contributed by atoms with Gasteiger partial charge in [-0.05, 0) is 36.4 Å². The first-order valence-electron chi connectivity index (χ1n) is 6.22. The number of carbonyl (C=O) groups excluding carboxylic acids is 1. The molecule has 0 N–H and O–H groups in total. The van der Waals surface area contributed by atoms with Crippen LogP contribution in [0.5, 0.6) is 0 Å². The molecule has 0 amide bonds. The summed E-state index contributed by atoms with van der Waals surface area (Å²) in [4.78, 5) is 14.1. The van der Waals surface area contributed by atoms with E-state index in [4.69, 9.17) is 11.6 Å². The molecule has 0 aliphatic carbocycles. The van der Waals surface area contributed by atoms with E-state index in [1.807, 2.05) is 31.1 Å². The zero-order valence-corrected chi connectivity index (χ0v) is 12.1. The summed E-state index contributed by atoms with van der Waals surface area (Å²) >= 11 is 5.93. The van der Waals surface area contributed by atoms with E-state index in [0.717, 1.165) is 5.69 Å². The van der Waals surface area contributed by atoms with Crippen LogP contribution in [0, 0.1) is 5.82 Å². The second-order valence-corrected chi connectivity index (χ2v) is 5.15. The molecule has 0 saturated carbocycles. The van der Waals surface area contributed by atoms with E-state index in [-0.39, 0.29) is 22.8 Å². The van der Waals surface area contributed by atoms with Crippen molar-refractivity contribution in [3.8, 4) is 0 Å². The van der Waals surface area contributed by atoms with Crippen molar-refractivity contribution in [3.63, 3.8) is 0 Å². The molecule has 2 rings (SSSR count). The van der Waals surface area contributed by atoms with Crippen molar-refractivity contribution in [2.24, 2.45) is 0 Å². The monoisotopic (exact) mass is 291 g/mol. The summed E-state index contributed by atoms with van der Waals surface area (Å²) in [7, 11) is 3.85. The number of benzene rings is 2. The van der Waals surface area contributed by atoms with E-state index >= 15 is 0 Å². The van der Waals surface area contributed by atoms with Crippen LogP contribution in [0.1, 0.15) is 15.9 Å². The molecule has 0 unspecified atom stereocenters. The van der Waals surface area contributed by atoms with Crippen molar-refractivity contribution in [2.45, 2.75) is 6.42 Å². The summed E-state index contributed by atoms with van der Waals surface area (Å²) in [6.45, 7) is 0. The van der Waals surface area contributed by atoms with E-state index in [1.54, 1.807) is 18.2 Å². The standard InChI is InChI=1S/C16H15ClFNO/c1-19(2)12-8-6-11(7-9-12)16(20)10-13-14(17)4-3-5-15(13)18/h3-9H,10H2,1-2H3. The Morgan fingerprint density at radius 3 is 2.35 bits per heavy atom. The van der Waals surface area contributed by atoms with Crippen LogP contribution in [-0.4, -0.2) is 19.9 Å². The van der Waals surface area contributed by atoms with Gasteiger partial charge in [0.1, 0.15) is 5.82 Å². The highest BCUT2D eigenvalue weighted by Crippen LogP contribution is 2.21. The molecule has 20 heavy (non-hydrogen) atoms. The van der Waals surface area contributed by atoms with E-state index in [1.165, 1.54) is 12.1 Å². The zero-order valence-electron chi connectivity index (χ0n) is 11.4. The first kappa shape index (κ1) is 14.5. The van der Waals surface area contributed by atoms with Crippen molar-refractivity contribution >= 4 is 23.1 Å². The number of hydrogen-bond acceptors (Lipinski definition) is 2. The Kier molecular flexibility index (Phi) is 4.40. The molecular weight excluding hydrogens is 277 g/mol. The molecular formula is C16H15ClFNO. The topological polar surface area (TPSA) is 20.3 Å². The maximum Gasteiger partial charge on any atom is 0.167 e. The molecule has 0 heterocycles. The molecule has 104 valence electrons. The van der Waals surface area contributed by atoms with Gasteiger partial charge in [0.2, 0.25) is 0 Å². The van der Waals surface area contributed by atoms with E-state index < -0.39 is 5.82 Å². The molecule has 0 radical (unpaired) electrons. The van der Waals surface area contributed by atoms with Gasteiger partial charge in [-0.2, -0.15) is 0 Å². The van der Waals surface area contributed by atoms with Crippen LogP contribution in [-0.2, 0) is 6.42 Å². The van der Waals surface area contributed by atoms with Gasteiger partial charge in [-0.3, -0.25) is 4.79 Å². The second kappa shape index (κ2) is 6.06. The maximum absolute atomic E-state index is 13.7. The summed E-state index contributed by atoms with van der Waals surface area (Å²) in [5.74, 6) is -0.599. The van der Waals surface area contributed by atoms with Gasteiger partial charge in [0.05, 0.1) is 0 Å². The number of ketones is 1. The van der Waals surface area contributed by atoms with Crippen molar-refractivity contribution in [2.75, 3.05) is 19.0 Å². The van der Waals surface area contributed by atoms with Crippen LogP contribution in [0.2, 0.25) is 5.02 Å². The number of nitrogens with zero attached hydrogens (tertiary/aromatic N) is 1. The minimum absolute atomic E-state index is 0.0349. The lowest BCUT2D eigenvalue weighted by Crippen LogP contribution is -2.10. The van der Waals surface area contributed by atoms with E-state index in [2.05, 4.69) is 0 Å². The molecule has 0 fully saturated rings. The van der Waals surface area contributed by atoms with Gasteiger partial charge < -0.3 is 4.90 Å². The highest BCUT2D eigenvalue weighted by Gasteiger charge is 2.13. The third kappa shape index (κ3) is 3.17. The first-order chi connectivity index (χ1) is 9.49. The molecule has 0 aliphatic heterocycles. The van der Waals surface area contributed by atoms with Crippen molar-refractivity contribution in [3.05, 3.63) is 64.4 Å². The smallest absolute Gasteiger partial charge is 0.167 e. The largest absolute Gasteiger partial charge is 0.378 e. The molecule has 0 spiro atoms. The van der Waals surface area contributed by atoms with Crippen molar-refractivity contribution in [1.29, 1.82) is 0 Å². The Labute approximate surface area is 122 Å². The van der Waals surface area contributed by atoms with Crippen LogP contribution in [0.25, 0.3) is 0 Å². The minimum atomic E-state index is -0.448. The summed E-state index contributed by atoms with van der Waals surface area (Å²) in [5, 5.41) is 0.281. The molecule has 2 aromatic carbocycles. The minimum Gasteiger partial charge on any atom is -0.378 e. The lowest BCUT2D eigenvalue weighted by atomic mass is 10.0. The molecule has 0 aromatic heterocycles. The number of hydrogen-bond donors (Lipinski definition) is 0. The van der Waals surface area contributed by atoms with Gasteiger partial charge in [-0.25, -0.2) is 4.39 Å². The van der Waals surface area contributed by atoms with Crippen LogP contribution in [0.15, 0.2) is 42.5 Å². The fourth-order valence-corrected chi connectivity index (χ4v) is 2.14. The van der Waals surface area contributed by atoms with E-state index in [9.17, 15) is 9.18 Å². The average Bonchev–Trinajstić information content (AvgIpc) is 2.43. The lowest BCUT2D eigenvalue weighted by Gasteiger charge is -2.12. The third-order valence-corrected chi connectivity index (χ3v) is 3.46. The fourth-order valence-electron chi connectivity index (χ4n) is 1.91. The Hall–Kier alpha value is -1.87. The van der Waals surface area contributed by atoms with E-state index in [0.29, 0.717) is 5.56 Å². The van der Waals surface area contributed by atoms with Crippen molar-refractivity contribution in [1.82, 2.24) is 0 Å². The summed E-state index contributed by atoms with van der Waals surface area (Å²) in [6.07, 6.45) is -0.0349. The van der Waals surface area contributed by atoms with Gasteiger partial charge in [0, 0.05) is 42.4 Å². The molecule has 0 aliphatic rings. The van der Waals surface area contributed by atoms with Crippen LogP contribution < -0.4 is 4.90 Å². The van der Waals surface area contributed by atoms with Gasteiger partial charge in [-0.15, -0.1) is 0 Å². The number of halogens is 2. The normalized spacial score (nSPS) is 10.4.